The molecule has 2 atom stereocenters. The van der Waals surface area contributed by atoms with E-state index in [4.69, 9.17) is 10.5 Å². The van der Waals surface area contributed by atoms with Crippen LogP contribution in [0.2, 0.25) is 0 Å². The van der Waals surface area contributed by atoms with Crippen LogP contribution in [-0.4, -0.2) is 39.5 Å². The summed E-state index contributed by atoms with van der Waals surface area (Å²) in [5.41, 5.74) is 5.97. The van der Waals surface area contributed by atoms with Gasteiger partial charge in [-0.05, 0) is 11.6 Å². The van der Waals surface area contributed by atoms with Crippen LogP contribution in [0, 0.1) is 5.92 Å². The Morgan fingerprint density at radius 1 is 1.64 bits per heavy atom. The third kappa shape index (κ3) is 2.08. The van der Waals surface area contributed by atoms with Crippen LogP contribution in [0.15, 0.2) is 0 Å². The molecule has 0 aromatic carbocycles. The Bertz CT molecular complexity index is 300. The highest BCUT2D eigenvalue weighted by atomic mass is 16.5. The molecule has 1 aliphatic rings. The number of nitrogens with two attached hydrogens (primary N) is 1. The van der Waals surface area contributed by atoms with Crippen LogP contribution in [0.1, 0.15) is 12.2 Å². The van der Waals surface area contributed by atoms with Crippen molar-refractivity contribution in [3.05, 3.63) is 5.82 Å². The second kappa shape index (κ2) is 4.02. The zero-order valence-corrected chi connectivity index (χ0v) is 8.26. The molecule has 6 nitrogen and oxygen atoms in total. The van der Waals surface area contributed by atoms with Crippen molar-refractivity contribution in [1.29, 1.82) is 0 Å². The summed E-state index contributed by atoms with van der Waals surface area (Å²) in [4.78, 5) is 1.46. The zero-order valence-electron chi connectivity index (χ0n) is 8.26. The van der Waals surface area contributed by atoms with E-state index in [-0.39, 0.29) is 6.04 Å². The van der Waals surface area contributed by atoms with E-state index in [1.807, 2.05) is 0 Å². The Morgan fingerprint density at radius 3 is 3.14 bits per heavy atom. The van der Waals surface area contributed by atoms with Gasteiger partial charge in [0.1, 0.15) is 0 Å². The topological polar surface area (TPSA) is 78.8 Å². The number of rotatable bonds is 2. The van der Waals surface area contributed by atoms with Gasteiger partial charge in [0.15, 0.2) is 5.82 Å². The first-order valence-electron chi connectivity index (χ1n) is 4.82. The van der Waals surface area contributed by atoms with E-state index in [9.17, 15) is 0 Å². The third-order valence-corrected chi connectivity index (χ3v) is 2.53. The van der Waals surface area contributed by atoms with E-state index in [0.29, 0.717) is 12.5 Å². The normalized spacial score (nSPS) is 27.9. The minimum absolute atomic E-state index is 0.201. The van der Waals surface area contributed by atoms with E-state index in [2.05, 4.69) is 15.4 Å². The lowest BCUT2D eigenvalue weighted by molar-refractivity contribution is 0.0415. The van der Waals surface area contributed by atoms with Gasteiger partial charge in [0, 0.05) is 25.0 Å². The maximum Gasteiger partial charge on any atom is 0.175 e. The summed E-state index contributed by atoms with van der Waals surface area (Å²) in [6, 6.07) is 0.201. The monoisotopic (exact) mass is 197 g/mol. The van der Waals surface area contributed by atoms with Crippen LogP contribution >= 0.6 is 0 Å². The van der Waals surface area contributed by atoms with Gasteiger partial charge < -0.3 is 10.5 Å². The first-order valence-corrected chi connectivity index (χ1v) is 4.82. The number of tetrazole rings is 1. The zero-order chi connectivity index (χ0) is 9.97. The van der Waals surface area contributed by atoms with Gasteiger partial charge in [0.05, 0.1) is 13.7 Å². The molecule has 0 amide bonds. The van der Waals surface area contributed by atoms with Crippen molar-refractivity contribution >= 4 is 0 Å². The summed E-state index contributed by atoms with van der Waals surface area (Å²) < 4.78 is 5.37. The molecule has 0 bridgehead atoms. The van der Waals surface area contributed by atoms with Gasteiger partial charge in [-0.3, -0.25) is 0 Å². The number of nitrogens with zero attached hydrogens (tertiary/aromatic N) is 4. The predicted molar refractivity (Wildman–Crippen MR) is 49.4 cm³/mol. The average Bonchev–Trinajstić information content (AvgIpc) is 2.56. The second-order valence-corrected chi connectivity index (χ2v) is 3.69. The molecule has 1 aromatic rings. The summed E-state index contributed by atoms with van der Waals surface area (Å²) in [6.07, 6.45) is 1.68. The Balaban J connectivity index is 1.95. The molecule has 1 fully saturated rings. The minimum atomic E-state index is 0.201. The van der Waals surface area contributed by atoms with Crippen LogP contribution < -0.4 is 5.73 Å². The van der Waals surface area contributed by atoms with E-state index in [0.717, 1.165) is 25.3 Å². The quantitative estimate of drug-likeness (QED) is 0.665. The van der Waals surface area contributed by atoms with E-state index in [1.165, 1.54) is 4.80 Å². The highest BCUT2D eigenvalue weighted by Crippen LogP contribution is 2.15. The average molecular weight is 197 g/mol. The van der Waals surface area contributed by atoms with Crippen molar-refractivity contribution in [1.82, 2.24) is 20.2 Å². The van der Waals surface area contributed by atoms with Crippen LogP contribution in [0.4, 0.5) is 0 Å². The summed E-state index contributed by atoms with van der Waals surface area (Å²) in [6.45, 7) is 1.48. The molecule has 0 radical (unpaired) electrons. The standard InChI is InChI=1S/C8H15N5O/c1-13-11-8(10-12-13)4-6-5-14-3-2-7(6)9/h6-7H,2-5,9H2,1H3. The summed E-state index contributed by atoms with van der Waals surface area (Å²) in [5, 5.41) is 11.8. The van der Waals surface area contributed by atoms with Gasteiger partial charge >= 0.3 is 0 Å². The SMILES string of the molecule is Cn1nnc(CC2COCCC2N)n1. The lowest BCUT2D eigenvalue weighted by Crippen LogP contribution is -2.39. The number of aromatic nitrogens is 4. The molecule has 2 heterocycles. The van der Waals surface area contributed by atoms with Crippen molar-refractivity contribution in [3.8, 4) is 0 Å². The predicted octanol–water partition coefficient (Wildman–Crippen LogP) is -0.884. The van der Waals surface area contributed by atoms with Crippen LogP contribution in [0.3, 0.4) is 0 Å². The Morgan fingerprint density at radius 2 is 2.50 bits per heavy atom. The Kier molecular flexibility index (Phi) is 2.74. The fraction of sp³-hybridized carbons (Fsp3) is 0.875. The van der Waals surface area contributed by atoms with Gasteiger partial charge in [0.2, 0.25) is 0 Å². The molecule has 1 aliphatic heterocycles. The molecule has 2 N–H and O–H groups in total. The van der Waals surface area contributed by atoms with Gasteiger partial charge in [-0.15, -0.1) is 10.2 Å². The van der Waals surface area contributed by atoms with Crippen molar-refractivity contribution in [2.45, 2.75) is 18.9 Å². The molecule has 1 saturated heterocycles. The number of hydrogen-bond donors (Lipinski definition) is 1. The molecular weight excluding hydrogens is 182 g/mol. The maximum absolute atomic E-state index is 5.97. The highest BCUT2D eigenvalue weighted by molar-refractivity contribution is 4.87. The van der Waals surface area contributed by atoms with Gasteiger partial charge in [-0.25, -0.2) is 0 Å². The van der Waals surface area contributed by atoms with Crippen LogP contribution in [0.25, 0.3) is 0 Å². The molecule has 1 aromatic heterocycles. The molecule has 2 unspecified atom stereocenters. The number of aryl methyl sites for hydroxylation is 1. The van der Waals surface area contributed by atoms with Crippen molar-refractivity contribution in [2.75, 3.05) is 13.2 Å². The lowest BCUT2D eigenvalue weighted by atomic mass is 9.93. The molecule has 78 valence electrons. The van der Waals surface area contributed by atoms with Gasteiger partial charge in [-0.1, -0.05) is 0 Å². The first-order chi connectivity index (χ1) is 6.75. The molecule has 6 heteroatoms. The van der Waals surface area contributed by atoms with E-state index >= 15 is 0 Å². The second-order valence-electron chi connectivity index (χ2n) is 3.69. The third-order valence-electron chi connectivity index (χ3n) is 2.53. The van der Waals surface area contributed by atoms with E-state index < -0.39 is 0 Å². The Hall–Kier alpha value is -1.01. The Labute approximate surface area is 82.4 Å². The molecule has 0 spiro atoms. The van der Waals surface area contributed by atoms with Crippen molar-refractivity contribution in [3.63, 3.8) is 0 Å². The lowest BCUT2D eigenvalue weighted by Gasteiger charge is -2.27. The number of hydrogen-bond acceptors (Lipinski definition) is 5. The van der Waals surface area contributed by atoms with Crippen LogP contribution in [-0.2, 0) is 18.2 Å². The fourth-order valence-corrected chi connectivity index (χ4v) is 1.66. The van der Waals surface area contributed by atoms with Crippen molar-refractivity contribution < 1.29 is 4.74 Å². The largest absolute Gasteiger partial charge is 0.381 e. The molecular formula is C8H15N5O. The molecule has 14 heavy (non-hydrogen) atoms. The van der Waals surface area contributed by atoms with Gasteiger partial charge in [0.25, 0.3) is 0 Å². The summed E-state index contributed by atoms with van der Waals surface area (Å²) in [7, 11) is 1.76. The fourth-order valence-electron chi connectivity index (χ4n) is 1.66. The molecule has 2 rings (SSSR count). The van der Waals surface area contributed by atoms with Crippen LogP contribution in [0.5, 0.6) is 0 Å². The first kappa shape index (κ1) is 9.54. The molecule has 0 aliphatic carbocycles. The maximum atomic E-state index is 5.97. The van der Waals surface area contributed by atoms with Crippen molar-refractivity contribution in [2.24, 2.45) is 18.7 Å². The highest BCUT2D eigenvalue weighted by Gasteiger charge is 2.24. The summed E-state index contributed by atoms with van der Waals surface area (Å²) >= 11 is 0. The summed E-state index contributed by atoms with van der Waals surface area (Å²) in [5.74, 6) is 1.08. The minimum Gasteiger partial charge on any atom is -0.381 e. The van der Waals surface area contributed by atoms with Gasteiger partial charge in [-0.2, -0.15) is 4.80 Å². The number of ether oxygens (including phenoxy) is 1. The smallest absolute Gasteiger partial charge is 0.175 e. The van der Waals surface area contributed by atoms with E-state index in [1.54, 1.807) is 7.05 Å². The molecule has 0 saturated carbocycles.